The number of anilines is 2. The molecule has 5 N–H and O–H groups in total. The van der Waals surface area contributed by atoms with Crippen molar-refractivity contribution in [2.45, 2.75) is 0 Å². The van der Waals surface area contributed by atoms with Crippen molar-refractivity contribution in [2.24, 2.45) is 0 Å². The van der Waals surface area contributed by atoms with Crippen LogP contribution in [0.15, 0.2) is 121 Å². The molecule has 5 rings (SSSR count). The molecule has 5 aromatic rings. The number of nitrogen functional groups attached to an aromatic ring is 2. The maximum Gasteiger partial charge on any atom is 0.341 e. The van der Waals surface area contributed by atoms with Gasteiger partial charge in [-0.25, -0.2) is 4.79 Å². The smallest absolute Gasteiger partial charge is 0.341 e. The monoisotopic (exact) mass is 576 g/mol. The number of rotatable bonds is 10. The molecule has 7 heteroatoms. The molecule has 5 aromatic carbocycles. The van der Waals surface area contributed by atoms with Crippen molar-refractivity contribution in [2.75, 3.05) is 24.7 Å². The standard InChI is InChI=1S/C35H29ClN2O4/c36-33-21-31(15-16-34(33)42-22-35(39)40)41-18-17-32(25-11-7-23(8-12-25)27-3-1-5-29(37)19-27)26-13-9-24(10-14-26)28-4-2-6-30(38)20-28/h1-17,19-21H,18,22,37-38H2,(H,39,40). The molecule has 0 heterocycles. The van der Waals surface area contributed by atoms with Gasteiger partial charge in [0.2, 0.25) is 0 Å². The maximum atomic E-state index is 10.8. The van der Waals surface area contributed by atoms with Crippen LogP contribution < -0.4 is 20.9 Å². The van der Waals surface area contributed by atoms with E-state index in [0.29, 0.717) is 5.75 Å². The number of aliphatic carboxylic acids is 1. The Labute approximate surface area is 249 Å². The van der Waals surface area contributed by atoms with Crippen LogP contribution in [0.3, 0.4) is 0 Å². The number of carboxylic acids is 1. The van der Waals surface area contributed by atoms with Gasteiger partial charge in [0, 0.05) is 17.4 Å². The molecular formula is C35H29ClN2O4. The average Bonchev–Trinajstić information content (AvgIpc) is 2.99. The van der Waals surface area contributed by atoms with Gasteiger partial charge in [-0.3, -0.25) is 0 Å². The lowest BCUT2D eigenvalue weighted by atomic mass is 9.94. The Morgan fingerprint density at radius 1 is 0.690 bits per heavy atom. The van der Waals surface area contributed by atoms with Gasteiger partial charge in [0.15, 0.2) is 6.61 Å². The van der Waals surface area contributed by atoms with Crippen molar-refractivity contribution in [3.63, 3.8) is 0 Å². The van der Waals surface area contributed by atoms with E-state index in [-0.39, 0.29) is 17.4 Å². The van der Waals surface area contributed by atoms with E-state index in [2.05, 4.69) is 48.5 Å². The Morgan fingerprint density at radius 3 is 1.71 bits per heavy atom. The van der Waals surface area contributed by atoms with E-state index in [0.717, 1.165) is 50.3 Å². The number of carboxylic acid groups (broad SMARTS) is 1. The highest BCUT2D eigenvalue weighted by atomic mass is 35.5. The molecule has 42 heavy (non-hydrogen) atoms. The van der Waals surface area contributed by atoms with E-state index in [1.54, 1.807) is 18.2 Å². The predicted molar refractivity (Wildman–Crippen MR) is 170 cm³/mol. The van der Waals surface area contributed by atoms with Crippen LogP contribution in [0.2, 0.25) is 5.02 Å². The Balaban J connectivity index is 1.41. The van der Waals surface area contributed by atoms with Crippen LogP contribution in [0.25, 0.3) is 27.8 Å². The third kappa shape index (κ3) is 7.11. The highest BCUT2D eigenvalue weighted by molar-refractivity contribution is 6.32. The fourth-order valence-electron chi connectivity index (χ4n) is 4.57. The molecule has 0 saturated heterocycles. The number of hydrogen-bond acceptors (Lipinski definition) is 5. The number of benzene rings is 5. The minimum Gasteiger partial charge on any atom is -0.489 e. The molecule has 0 aliphatic heterocycles. The van der Waals surface area contributed by atoms with Crippen molar-refractivity contribution in [1.82, 2.24) is 0 Å². The minimum atomic E-state index is -1.08. The van der Waals surface area contributed by atoms with Crippen LogP contribution in [-0.4, -0.2) is 24.3 Å². The molecule has 0 aliphatic rings. The van der Waals surface area contributed by atoms with E-state index in [1.165, 1.54) is 0 Å². The summed E-state index contributed by atoms with van der Waals surface area (Å²) in [5, 5.41) is 9.11. The third-order valence-electron chi connectivity index (χ3n) is 6.62. The van der Waals surface area contributed by atoms with Crippen molar-refractivity contribution >= 4 is 34.5 Å². The Hall–Kier alpha value is -5.20. The van der Waals surface area contributed by atoms with E-state index >= 15 is 0 Å². The van der Waals surface area contributed by atoms with Gasteiger partial charge in [-0.15, -0.1) is 0 Å². The number of halogens is 1. The molecule has 0 amide bonds. The average molecular weight is 577 g/mol. The fourth-order valence-corrected chi connectivity index (χ4v) is 4.80. The van der Waals surface area contributed by atoms with Crippen LogP contribution in [0.1, 0.15) is 11.1 Å². The molecule has 0 aromatic heterocycles. The quantitative estimate of drug-likeness (QED) is 0.146. The molecule has 0 atom stereocenters. The minimum absolute atomic E-state index is 0.271. The first-order valence-electron chi connectivity index (χ1n) is 13.3. The van der Waals surface area contributed by atoms with Crippen LogP contribution in [0.4, 0.5) is 11.4 Å². The summed E-state index contributed by atoms with van der Waals surface area (Å²) in [5.41, 5.74) is 20.7. The Bertz CT molecular complexity index is 1640. The van der Waals surface area contributed by atoms with Gasteiger partial charge < -0.3 is 26.0 Å². The lowest BCUT2D eigenvalue weighted by Gasteiger charge is -2.13. The van der Waals surface area contributed by atoms with Crippen molar-refractivity contribution in [3.05, 3.63) is 137 Å². The van der Waals surface area contributed by atoms with Gasteiger partial charge in [-0.2, -0.15) is 0 Å². The second kappa shape index (κ2) is 13.0. The fraction of sp³-hybridized carbons (Fsp3) is 0.0571. The van der Waals surface area contributed by atoms with Gasteiger partial charge in [0.1, 0.15) is 18.1 Å². The van der Waals surface area contributed by atoms with Gasteiger partial charge in [-0.05, 0) is 81.4 Å². The summed E-state index contributed by atoms with van der Waals surface area (Å²) in [4.78, 5) is 10.8. The molecule has 0 unspecified atom stereocenters. The molecule has 0 aliphatic carbocycles. The van der Waals surface area contributed by atoms with Crippen molar-refractivity contribution < 1.29 is 19.4 Å². The molecule has 210 valence electrons. The van der Waals surface area contributed by atoms with Crippen LogP contribution in [-0.2, 0) is 4.79 Å². The zero-order valence-electron chi connectivity index (χ0n) is 22.7. The summed E-state index contributed by atoms with van der Waals surface area (Å²) in [6.07, 6.45) is 2.02. The zero-order valence-corrected chi connectivity index (χ0v) is 23.4. The van der Waals surface area contributed by atoms with E-state index in [9.17, 15) is 4.79 Å². The summed E-state index contributed by atoms with van der Waals surface area (Å²) < 4.78 is 11.2. The molecule has 0 fully saturated rings. The molecular weight excluding hydrogens is 548 g/mol. The van der Waals surface area contributed by atoms with E-state index < -0.39 is 12.6 Å². The highest BCUT2D eigenvalue weighted by Crippen LogP contribution is 2.31. The molecule has 6 nitrogen and oxygen atoms in total. The van der Waals surface area contributed by atoms with Crippen molar-refractivity contribution in [1.29, 1.82) is 0 Å². The lowest BCUT2D eigenvalue weighted by Crippen LogP contribution is -2.09. The topological polar surface area (TPSA) is 108 Å². The summed E-state index contributed by atoms with van der Waals surface area (Å²) in [7, 11) is 0. The summed E-state index contributed by atoms with van der Waals surface area (Å²) in [5.74, 6) is -0.263. The van der Waals surface area contributed by atoms with Crippen LogP contribution in [0, 0.1) is 0 Å². The highest BCUT2D eigenvalue weighted by Gasteiger charge is 2.10. The Kier molecular flexibility index (Phi) is 8.75. The summed E-state index contributed by atoms with van der Waals surface area (Å²) >= 11 is 6.27. The number of nitrogens with two attached hydrogens (primary N) is 2. The van der Waals surface area contributed by atoms with E-state index in [1.807, 2.05) is 54.6 Å². The van der Waals surface area contributed by atoms with Crippen LogP contribution >= 0.6 is 11.6 Å². The number of hydrogen-bond donors (Lipinski definition) is 3. The first-order valence-corrected chi connectivity index (χ1v) is 13.6. The number of carbonyl (C=O) groups is 1. The molecule has 0 saturated carbocycles. The van der Waals surface area contributed by atoms with Crippen molar-refractivity contribution in [3.8, 4) is 33.8 Å². The Morgan fingerprint density at radius 2 is 1.24 bits per heavy atom. The molecule has 0 bridgehead atoms. The van der Waals surface area contributed by atoms with Crippen LogP contribution in [0.5, 0.6) is 11.5 Å². The van der Waals surface area contributed by atoms with Gasteiger partial charge in [-0.1, -0.05) is 84.4 Å². The normalized spacial score (nSPS) is 10.6. The van der Waals surface area contributed by atoms with Gasteiger partial charge >= 0.3 is 5.97 Å². The summed E-state index contributed by atoms with van der Waals surface area (Å²) in [6, 6.07) is 37.2. The summed E-state index contributed by atoms with van der Waals surface area (Å²) in [6.45, 7) is -0.201. The van der Waals surface area contributed by atoms with Gasteiger partial charge in [0.25, 0.3) is 0 Å². The second-order valence-corrected chi connectivity index (χ2v) is 10.0. The SMILES string of the molecule is Nc1cccc(-c2ccc(C(=CCOc3ccc(OCC(=O)O)c(Cl)c3)c3ccc(-c4cccc(N)c4)cc3)cc2)c1. The molecule has 0 spiro atoms. The predicted octanol–water partition coefficient (Wildman–Crippen LogP) is 7.81. The zero-order chi connectivity index (χ0) is 29.5. The third-order valence-corrected chi connectivity index (χ3v) is 6.92. The van der Waals surface area contributed by atoms with Gasteiger partial charge in [0.05, 0.1) is 5.02 Å². The first-order chi connectivity index (χ1) is 20.4. The number of ether oxygens (including phenoxy) is 2. The maximum absolute atomic E-state index is 10.8. The largest absolute Gasteiger partial charge is 0.489 e. The van der Waals surface area contributed by atoms with E-state index in [4.69, 9.17) is 37.6 Å². The lowest BCUT2D eigenvalue weighted by molar-refractivity contribution is -0.139. The first kappa shape index (κ1) is 28.3. The second-order valence-electron chi connectivity index (χ2n) is 9.61. The molecule has 0 radical (unpaired) electrons.